The van der Waals surface area contributed by atoms with Crippen LogP contribution in [0.5, 0.6) is 0 Å². The van der Waals surface area contributed by atoms with Crippen LogP contribution in [-0.4, -0.2) is 54.7 Å². The van der Waals surface area contributed by atoms with Crippen LogP contribution in [0.15, 0.2) is 0 Å². The number of alkyl halides is 3. The molecule has 0 aliphatic carbocycles. The summed E-state index contributed by atoms with van der Waals surface area (Å²) in [6, 6.07) is 1.87. The predicted octanol–water partition coefficient (Wildman–Crippen LogP) is 1.08. The molecule has 1 saturated heterocycles. The number of nitrogens with zero attached hydrogens (tertiary/aromatic N) is 3. The van der Waals surface area contributed by atoms with Crippen LogP contribution in [-0.2, 0) is 0 Å². The lowest BCUT2D eigenvalue weighted by Crippen LogP contribution is -2.51. The Labute approximate surface area is 87.1 Å². The van der Waals surface area contributed by atoms with Crippen LogP contribution < -0.4 is 0 Å². The fraction of sp³-hybridized carbons (Fsp3) is 0.889. The normalized spacial score (nSPS) is 22.3. The smallest absolute Gasteiger partial charge is 0.292 e. The van der Waals surface area contributed by atoms with E-state index >= 15 is 0 Å². The highest BCUT2D eigenvalue weighted by atomic mass is 19.4. The molecule has 6 heteroatoms. The molecule has 0 aromatic rings. The molecule has 0 bridgehead atoms. The molecule has 1 heterocycles. The zero-order chi connectivity index (χ0) is 11.5. The first kappa shape index (κ1) is 12.3. The van der Waals surface area contributed by atoms with Gasteiger partial charge in [-0.1, -0.05) is 0 Å². The highest BCUT2D eigenvalue weighted by molar-refractivity contribution is 4.90. The molecule has 1 fully saturated rings. The third-order valence-electron chi connectivity index (χ3n) is 2.54. The second kappa shape index (κ2) is 4.81. The van der Waals surface area contributed by atoms with Crippen molar-refractivity contribution in [3.63, 3.8) is 0 Å². The zero-order valence-electron chi connectivity index (χ0n) is 8.59. The minimum atomic E-state index is -4.12. The van der Waals surface area contributed by atoms with Crippen molar-refractivity contribution in [2.45, 2.75) is 19.1 Å². The van der Waals surface area contributed by atoms with Crippen LogP contribution in [0.3, 0.4) is 0 Å². The fourth-order valence-corrected chi connectivity index (χ4v) is 1.64. The third-order valence-corrected chi connectivity index (χ3v) is 2.54. The van der Waals surface area contributed by atoms with Gasteiger partial charge in [0.1, 0.15) is 0 Å². The highest BCUT2D eigenvalue weighted by Gasteiger charge is 2.32. The molecule has 0 spiro atoms. The van der Waals surface area contributed by atoms with Gasteiger partial charge in [0.15, 0.2) is 0 Å². The molecule has 0 aromatic carbocycles. The molecule has 0 aromatic heterocycles. The van der Waals surface area contributed by atoms with Gasteiger partial charge in [0.2, 0.25) is 0 Å². The van der Waals surface area contributed by atoms with E-state index in [9.17, 15) is 13.2 Å². The number of hydrogen-bond donors (Lipinski definition) is 0. The summed E-state index contributed by atoms with van der Waals surface area (Å²) in [4.78, 5) is 3.27. The van der Waals surface area contributed by atoms with Crippen molar-refractivity contribution in [2.75, 3.05) is 32.7 Å². The predicted molar refractivity (Wildman–Crippen MR) is 49.1 cm³/mol. The number of hydrogen-bond acceptors (Lipinski definition) is 3. The highest BCUT2D eigenvalue weighted by Crippen LogP contribution is 2.17. The van der Waals surface area contributed by atoms with Gasteiger partial charge in [-0.3, -0.25) is 9.80 Å². The van der Waals surface area contributed by atoms with Gasteiger partial charge in [-0.25, -0.2) is 0 Å². The van der Waals surface area contributed by atoms with Crippen LogP contribution in [0.1, 0.15) is 6.92 Å². The van der Waals surface area contributed by atoms with Gasteiger partial charge >= 0.3 is 6.18 Å². The van der Waals surface area contributed by atoms with Crippen molar-refractivity contribution in [3.05, 3.63) is 0 Å². The van der Waals surface area contributed by atoms with Crippen LogP contribution in [0.4, 0.5) is 13.2 Å². The lowest BCUT2D eigenvalue weighted by Gasteiger charge is -2.36. The molecule has 1 aliphatic heterocycles. The number of piperazine rings is 1. The van der Waals surface area contributed by atoms with Gasteiger partial charge in [0, 0.05) is 26.2 Å². The van der Waals surface area contributed by atoms with E-state index in [1.165, 1.54) is 4.90 Å². The Morgan fingerprint density at radius 2 is 1.80 bits per heavy atom. The number of rotatable bonds is 2. The van der Waals surface area contributed by atoms with Gasteiger partial charge in [-0.15, -0.1) is 0 Å². The quantitative estimate of drug-likeness (QED) is 0.699. The average Bonchev–Trinajstić information content (AvgIpc) is 2.15. The summed E-state index contributed by atoms with van der Waals surface area (Å²) in [6.45, 7) is 2.74. The molecule has 1 aliphatic rings. The van der Waals surface area contributed by atoms with Gasteiger partial charge in [-0.2, -0.15) is 18.4 Å². The molecular weight excluding hydrogens is 207 g/mol. The Balaban J connectivity index is 2.34. The summed E-state index contributed by atoms with van der Waals surface area (Å²) in [5.74, 6) is 0. The Kier molecular flexibility index (Phi) is 3.94. The third kappa shape index (κ3) is 4.06. The average molecular weight is 221 g/mol. The summed E-state index contributed by atoms with van der Waals surface area (Å²) < 4.78 is 36.2. The zero-order valence-corrected chi connectivity index (χ0v) is 8.59. The minimum Gasteiger partial charge on any atom is -0.292 e. The molecule has 0 N–H and O–H groups in total. The monoisotopic (exact) mass is 221 g/mol. The minimum absolute atomic E-state index is 0.210. The fourth-order valence-electron chi connectivity index (χ4n) is 1.64. The summed E-state index contributed by atoms with van der Waals surface area (Å²) in [7, 11) is 0. The molecule has 0 saturated carbocycles. The molecule has 0 amide bonds. The van der Waals surface area contributed by atoms with E-state index in [1.807, 2.05) is 4.90 Å². The maximum atomic E-state index is 12.1. The van der Waals surface area contributed by atoms with Gasteiger partial charge < -0.3 is 0 Å². The largest absolute Gasteiger partial charge is 0.401 e. The summed E-state index contributed by atoms with van der Waals surface area (Å²) >= 11 is 0. The second-order valence-corrected chi connectivity index (χ2v) is 3.73. The van der Waals surface area contributed by atoms with Crippen LogP contribution in [0.2, 0.25) is 0 Å². The van der Waals surface area contributed by atoms with Crippen molar-refractivity contribution in [2.24, 2.45) is 0 Å². The van der Waals surface area contributed by atoms with E-state index < -0.39 is 12.7 Å². The van der Waals surface area contributed by atoms with Crippen LogP contribution in [0, 0.1) is 11.3 Å². The van der Waals surface area contributed by atoms with Crippen molar-refractivity contribution in [1.29, 1.82) is 5.26 Å². The van der Waals surface area contributed by atoms with Gasteiger partial charge in [0.05, 0.1) is 18.7 Å². The summed E-state index contributed by atoms with van der Waals surface area (Å²) in [6.07, 6.45) is -4.12. The molecular formula is C9H14F3N3. The second-order valence-electron chi connectivity index (χ2n) is 3.73. The van der Waals surface area contributed by atoms with Crippen molar-refractivity contribution < 1.29 is 13.2 Å². The molecule has 1 rings (SSSR count). The first-order valence-electron chi connectivity index (χ1n) is 4.85. The summed E-state index contributed by atoms with van der Waals surface area (Å²) in [5, 5.41) is 8.65. The van der Waals surface area contributed by atoms with Crippen molar-refractivity contribution in [1.82, 2.24) is 9.80 Å². The van der Waals surface area contributed by atoms with Crippen molar-refractivity contribution in [3.8, 4) is 6.07 Å². The lowest BCUT2D eigenvalue weighted by atomic mass is 10.2. The van der Waals surface area contributed by atoms with E-state index in [-0.39, 0.29) is 6.04 Å². The standard InChI is InChI=1S/C9H14F3N3/c1-8(6-13)15-4-2-14(3-5-15)7-9(10,11)12/h8H,2-5,7H2,1H3. The first-order chi connectivity index (χ1) is 6.92. The topological polar surface area (TPSA) is 30.3 Å². The molecule has 86 valence electrons. The summed E-state index contributed by atoms with van der Waals surface area (Å²) in [5.41, 5.74) is 0. The molecule has 1 unspecified atom stereocenters. The number of halogens is 3. The maximum absolute atomic E-state index is 12.1. The van der Waals surface area contributed by atoms with E-state index in [0.29, 0.717) is 26.2 Å². The van der Waals surface area contributed by atoms with E-state index in [1.54, 1.807) is 6.92 Å². The molecule has 1 atom stereocenters. The van der Waals surface area contributed by atoms with Crippen LogP contribution >= 0.6 is 0 Å². The Morgan fingerprint density at radius 3 is 2.20 bits per heavy atom. The van der Waals surface area contributed by atoms with Gasteiger partial charge in [0.25, 0.3) is 0 Å². The van der Waals surface area contributed by atoms with E-state index in [0.717, 1.165) is 0 Å². The molecule has 0 radical (unpaired) electrons. The SMILES string of the molecule is CC(C#N)N1CCN(CC(F)(F)F)CC1. The van der Waals surface area contributed by atoms with Crippen molar-refractivity contribution >= 4 is 0 Å². The first-order valence-corrected chi connectivity index (χ1v) is 4.85. The Bertz CT molecular complexity index is 238. The Morgan fingerprint density at radius 1 is 1.27 bits per heavy atom. The Hall–Kier alpha value is -0.800. The van der Waals surface area contributed by atoms with Crippen LogP contribution in [0.25, 0.3) is 0 Å². The molecule has 3 nitrogen and oxygen atoms in total. The van der Waals surface area contributed by atoms with E-state index in [4.69, 9.17) is 5.26 Å². The van der Waals surface area contributed by atoms with Gasteiger partial charge in [-0.05, 0) is 6.92 Å². The lowest BCUT2D eigenvalue weighted by molar-refractivity contribution is -0.149. The molecule has 15 heavy (non-hydrogen) atoms. The maximum Gasteiger partial charge on any atom is 0.401 e. The number of nitriles is 1. The van der Waals surface area contributed by atoms with E-state index in [2.05, 4.69) is 6.07 Å².